The van der Waals surface area contributed by atoms with Crippen molar-refractivity contribution in [2.24, 2.45) is 5.92 Å². The molecule has 2 aromatic carbocycles. The zero-order valence-electron chi connectivity index (χ0n) is 14.1. The van der Waals surface area contributed by atoms with Crippen LogP contribution in [0.25, 0.3) is 22.5 Å². The van der Waals surface area contributed by atoms with Crippen LogP contribution in [0.1, 0.15) is 18.7 Å². The van der Waals surface area contributed by atoms with Crippen molar-refractivity contribution in [1.82, 2.24) is 20.1 Å². The summed E-state index contributed by atoms with van der Waals surface area (Å²) in [5.74, 6) is 2.18. The Hall–Kier alpha value is -3.13. The SMILES string of the molecule is CC1CN(C#N)CC1c1nc(-c2cccc(-c3ccccc3)c2)n[nH]1. The molecule has 0 spiro atoms. The molecular weight excluding hydrogens is 310 g/mol. The van der Waals surface area contributed by atoms with Crippen LogP contribution in [0.15, 0.2) is 54.6 Å². The highest BCUT2D eigenvalue weighted by Crippen LogP contribution is 2.31. The molecule has 3 aromatic rings. The van der Waals surface area contributed by atoms with Gasteiger partial charge in [-0.25, -0.2) is 4.98 Å². The first-order valence-corrected chi connectivity index (χ1v) is 8.47. The summed E-state index contributed by atoms with van der Waals surface area (Å²) in [5.41, 5.74) is 3.31. The maximum absolute atomic E-state index is 9.10. The van der Waals surface area contributed by atoms with Gasteiger partial charge in [-0.05, 0) is 23.1 Å². The second-order valence-electron chi connectivity index (χ2n) is 6.58. The fraction of sp³-hybridized carbons (Fsp3) is 0.250. The van der Waals surface area contributed by atoms with E-state index < -0.39 is 0 Å². The molecule has 2 atom stereocenters. The minimum absolute atomic E-state index is 0.221. The molecule has 4 rings (SSSR count). The molecule has 0 saturated carbocycles. The molecule has 1 N–H and O–H groups in total. The van der Waals surface area contributed by atoms with E-state index >= 15 is 0 Å². The summed E-state index contributed by atoms with van der Waals surface area (Å²) < 4.78 is 0. The molecule has 1 aromatic heterocycles. The number of rotatable bonds is 3. The molecule has 5 nitrogen and oxygen atoms in total. The van der Waals surface area contributed by atoms with E-state index in [2.05, 4.69) is 47.6 Å². The Morgan fingerprint density at radius 1 is 1.04 bits per heavy atom. The zero-order valence-corrected chi connectivity index (χ0v) is 14.1. The Balaban J connectivity index is 1.62. The lowest BCUT2D eigenvalue weighted by atomic mass is 9.98. The number of hydrogen-bond acceptors (Lipinski definition) is 4. The van der Waals surface area contributed by atoms with Crippen molar-refractivity contribution in [3.63, 3.8) is 0 Å². The molecular formula is C20H19N5. The van der Waals surface area contributed by atoms with Crippen molar-refractivity contribution in [1.29, 1.82) is 5.26 Å². The summed E-state index contributed by atoms with van der Waals surface area (Å²) in [4.78, 5) is 6.50. The van der Waals surface area contributed by atoms with E-state index in [0.29, 0.717) is 18.3 Å². The van der Waals surface area contributed by atoms with Gasteiger partial charge in [0.2, 0.25) is 0 Å². The van der Waals surface area contributed by atoms with E-state index in [4.69, 9.17) is 10.2 Å². The number of hydrogen-bond donors (Lipinski definition) is 1. The van der Waals surface area contributed by atoms with E-state index in [0.717, 1.165) is 23.5 Å². The molecule has 1 saturated heterocycles. The highest BCUT2D eigenvalue weighted by Gasteiger charge is 2.32. The largest absolute Gasteiger partial charge is 0.310 e. The van der Waals surface area contributed by atoms with Gasteiger partial charge in [0.15, 0.2) is 12.0 Å². The highest BCUT2D eigenvalue weighted by atomic mass is 15.2. The smallest absolute Gasteiger partial charge is 0.181 e. The van der Waals surface area contributed by atoms with Crippen LogP contribution >= 0.6 is 0 Å². The molecule has 1 aliphatic rings. The molecule has 5 heteroatoms. The fourth-order valence-electron chi connectivity index (χ4n) is 3.44. The number of likely N-dealkylation sites (tertiary alicyclic amines) is 1. The van der Waals surface area contributed by atoms with Crippen LogP contribution in [0.4, 0.5) is 0 Å². The lowest BCUT2D eigenvalue weighted by Crippen LogP contribution is -2.13. The molecule has 2 unspecified atom stereocenters. The van der Waals surface area contributed by atoms with Gasteiger partial charge in [0.05, 0.1) is 0 Å². The Morgan fingerprint density at radius 2 is 1.80 bits per heavy atom. The highest BCUT2D eigenvalue weighted by molar-refractivity contribution is 5.70. The third kappa shape index (κ3) is 2.99. The van der Waals surface area contributed by atoms with Crippen LogP contribution in [0.2, 0.25) is 0 Å². The summed E-state index contributed by atoms with van der Waals surface area (Å²) in [7, 11) is 0. The summed E-state index contributed by atoms with van der Waals surface area (Å²) in [5, 5.41) is 16.6. The Morgan fingerprint density at radius 3 is 2.56 bits per heavy atom. The monoisotopic (exact) mass is 329 g/mol. The second-order valence-corrected chi connectivity index (χ2v) is 6.58. The molecule has 1 fully saturated rings. The van der Waals surface area contributed by atoms with Crippen molar-refractivity contribution in [2.45, 2.75) is 12.8 Å². The van der Waals surface area contributed by atoms with Gasteiger partial charge in [-0.2, -0.15) is 10.4 Å². The van der Waals surface area contributed by atoms with Crippen LogP contribution < -0.4 is 0 Å². The molecule has 0 amide bonds. The Bertz CT molecular complexity index is 909. The summed E-state index contributed by atoms with van der Waals surface area (Å²) in [6.45, 7) is 3.64. The maximum Gasteiger partial charge on any atom is 0.181 e. The van der Waals surface area contributed by atoms with Gasteiger partial charge >= 0.3 is 0 Å². The van der Waals surface area contributed by atoms with Gasteiger partial charge in [0.25, 0.3) is 0 Å². The molecule has 2 heterocycles. The van der Waals surface area contributed by atoms with E-state index in [1.807, 2.05) is 30.3 Å². The summed E-state index contributed by atoms with van der Waals surface area (Å²) in [6, 6.07) is 18.5. The van der Waals surface area contributed by atoms with Crippen LogP contribution in [0.3, 0.4) is 0 Å². The second kappa shape index (κ2) is 6.40. The average molecular weight is 329 g/mol. The van der Waals surface area contributed by atoms with E-state index in [-0.39, 0.29) is 5.92 Å². The van der Waals surface area contributed by atoms with Gasteiger partial charge < -0.3 is 4.90 Å². The summed E-state index contributed by atoms with van der Waals surface area (Å²) in [6.07, 6.45) is 2.23. The Kier molecular flexibility index (Phi) is 3.95. The summed E-state index contributed by atoms with van der Waals surface area (Å²) >= 11 is 0. The van der Waals surface area contributed by atoms with Crippen LogP contribution in [0, 0.1) is 17.4 Å². The third-order valence-electron chi connectivity index (χ3n) is 4.84. The minimum atomic E-state index is 0.221. The molecule has 0 aliphatic carbocycles. The van der Waals surface area contributed by atoms with E-state index in [9.17, 15) is 0 Å². The van der Waals surface area contributed by atoms with Crippen molar-refractivity contribution < 1.29 is 0 Å². The topological polar surface area (TPSA) is 68.6 Å². The van der Waals surface area contributed by atoms with Crippen molar-refractivity contribution in [2.75, 3.05) is 13.1 Å². The first-order valence-electron chi connectivity index (χ1n) is 8.47. The minimum Gasteiger partial charge on any atom is -0.310 e. The first-order chi connectivity index (χ1) is 12.2. The number of aromatic amines is 1. The van der Waals surface area contributed by atoms with Gasteiger partial charge in [-0.1, -0.05) is 55.5 Å². The van der Waals surface area contributed by atoms with Gasteiger partial charge in [-0.3, -0.25) is 5.10 Å². The number of benzene rings is 2. The zero-order chi connectivity index (χ0) is 17.2. The molecule has 25 heavy (non-hydrogen) atoms. The number of aromatic nitrogens is 3. The molecule has 1 aliphatic heterocycles. The normalized spacial score (nSPS) is 19.8. The van der Waals surface area contributed by atoms with Gasteiger partial charge in [-0.15, -0.1) is 0 Å². The predicted molar refractivity (Wildman–Crippen MR) is 96.3 cm³/mol. The number of H-pyrrole nitrogens is 1. The molecule has 0 bridgehead atoms. The lowest BCUT2D eigenvalue weighted by Gasteiger charge is -2.08. The lowest BCUT2D eigenvalue weighted by molar-refractivity contribution is 0.465. The van der Waals surface area contributed by atoms with Crippen LogP contribution in [0.5, 0.6) is 0 Å². The standard InChI is InChI=1S/C20H19N5/c1-14-11-25(13-21)12-18(14)20-22-19(23-24-20)17-9-5-8-16(10-17)15-6-3-2-4-7-15/h2-10,14,18H,11-12H2,1H3,(H,22,23,24). The average Bonchev–Trinajstić information content (AvgIpc) is 3.29. The number of nitrogens with zero attached hydrogens (tertiary/aromatic N) is 4. The van der Waals surface area contributed by atoms with E-state index in [1.54, 1.807) is 4.90 Å². The number of nitrogens with one attached hydrogen (secondary N) is 1. The van der Waals surface area contributed by atoms with Crippen molar-refractivity contribution in [3.05, 3.63) is 60.4 Å². The molecule has 124 valence electrons. The van der Waals surface area contributed by atoms with Crippen LogP contribution in [-0.4, -0.2) is 33.2 Å². The predicted octanol–water partition coefficient (Wildman–Crippen LogP) is 3.66. The van der Waals surface area contributed by atoms with Gasteiger partial charge in [0.1, 0.15) is 5.82 Å². The quantitative estimate of drug-likeness (QED) is 0.745. The van der Waals surface area contributed by atoms with Crippen molar-refractivity contribution in [3.8, 4) is 28.7 Å². The number of nitriles is 1. The first kappa shape index (κ1) is 15.4. The van der Waals surface area contributed by atoms with Gasteiger partial charge in [0, 0.05) is 24.6 Å². The van der Waals surface area contributed by atoms with E-state index in [1.165, 1.54) is 5.56 Å². The Labute approximate surface area is 146 Å². The van der Waals surface area contributed by atoms with Crippen LogP contribution in [-0.2, 0) is 0 Å². The van der Waals surface area contributed by atoms with Crippen molar-refractivity contribution >= 4 is 0 Å². The maximum atomic E-state index is 9.10. The molecule has 0 radical (unpaired) electrons. The fourth-order valence-corrected chi connectivity index (χ4v) is 3.44. The third-order valence-corrected chi connectivity index (χ3v) is 4.84.